The van der Waals surface area contributed by atoms with E-state index >= 15 is 0 Å². The van der Waals surface area contributed by atoms with Crippen molar-refractivity contribution in [2.45, 2.75) is 25.9 Å². The molecule has 0 unspecified atom stereocenters. The van der Waals surface area contributed by atoms with Crippen LogP contribution in [-0.2, 0) is 6.54 Å². The number of hydrogen-bond donors (Lipinski definition) is 2. The predicted octanol–water partition coefficient (Wildman–Crippen LogP) is -0.427. The van der Waals surface area contributed by atoms with Gasteiger partial charge in [-0.1, -0.05) is 0 Å². The van der Waals surface area contributed by atoms with E-state index < -0.39 is 17.1 Å². The van der Waals surface area contributed by atoms with Gasteiger partial charge in [0, 0.05) is 25.7 Å². The van der Waals surface area contributed by atoms with Gasteiger partial charge in [0.1, 0.15) is 0 Å². The molecule has 0 saturated carbocycles. The number of nitrogens with two attached hydrogens (primary N) is 2. The lowest BCUT2D eigenvalue weighted by Crippen LogP contribution is -2.44. The molecule has 0 radical (unpaired) electrons. The fraction of sp³-hybridized carbons (Fsp3) is 0.429. The number of hydrogen-bond acceptors (Lipinski definition) is 5. The molecule has 2 aromatic rings. The lowest BCUT2D eigenvalue weighted by Gasteiger charge is -2.20. The Hall–Kier alpha value is -2.35. The van der Waals surface area contributed by atoms with Crippen molar-refractivity contribution in [3.8, 4) is 0 Å². The van der Waals surface area contributed by atoms with Gasteiger partial charge >= 0.3 is 5.69 Å². The Kier molecular flexibility index (Phi) is 3.40. The van der Waals surface area contributed by atoms with Gasteiger partial charge in [0.2, 0.25) is 0 Å². The topological polar surface area (TPSA) is 99.3 Å². The fourth-order valence-electron chi connectivity index (χ4n) is 2.98. The van der Waals surface area contributed by atoms with Gasteiger partial charge < -0.3 is 16.5 Å². The largest absolute Gasteiger partial charge is 0.367 e. The SMILES string of the molecule is CCn1c(=O)n(N)c(=O)c2ccc(N3CC[C@H](N)C3)c(F)c21. The monoisotopic (exact) mass is 307 g/mol. The maximum absolute atomic E-state index is 15.0. The Morgan fingerprint density at radius 1 is 1.36 bits per heavy atom. The van der Waals surface area contributed by atoms with Crippen molar-refractivity contribution >= 4 is 16.6 Å². The molecule has 0 amide bonds. The number of fused-ring (bicyclic) bond motifs is 1. The normalized spacial score (nSPS) is 18.3. The molecule has 1 aliphatic rings. The molecule has 1 aromatic heterocycles. The summed E-state index contributed by atoms with van der Waals surface area (Å²) in [6.07, 6.45) is 0.780. The lowest BCUT2D eigenvalue weighted by atomic mass is 10.2. The van der Waals surface area contributed by atoms with Crippen LogP contribution in [0.15, 0.2) is 21.7 Å². The first-order valence-corrected chi connectivity index (χ1v) is 7.19. The average molecular weight is 307 g/mol. The summed E-state index contributed by atoms with van der Waals surface area (Å²) >= 11 is 0. The number of nitrogen functional groups attached to an aromatic ring is 1. The molecule has 1 fully saturated rings. The fourth-order valence-corrected chi connectivity index (χ4v) is 2.98. The molecule has 22 heavy (non-hydrogen) atoms. The van der Waals surface area contributed by atoms with Gasteiger partial charge in [-0.05, 0) is 25.5 Å². The smallest absolute Gasteiger partial charge is 0.350 e. The van der Waals surface area contributed by atoms with Crippen molar-refractivity contribution in [2.75, 3.05) is 23.8 Å². The third kappa shape index (κ3) is 1.98. The van der Waals surface area contributed by atoms with Crippen LogP contribution in [0, 0.1) is 5.82 Å². The molecule has 8 heteroatoms. The molecule has 0 aliphatic carbocycles. The minimum absolute atomic E-state index is 0.000470. The van der Waals surface area contributed by atoms with E-state index in [0.29, 0.717) is 23.5 Å². The van der Waals surface area contributed by atoms with E-state index in [4.69, 9.17) is 11.6 Å². The molecule has 7 nitrogen and oxygen atoms in total. The maximum atomic E-state index is 15.0. The second-order valence-electron chi connectivity index (χ2n) is 5.49. The first kappa shape index (κ1) is 14.6. The average Bonchev–Trinajstić information content (AvgIpc) is 2.92. The quantitative estimate of drug-likeness (QED) is 0.734. The highest BCUT2D eigenvalue weighted by molar-refractivity contribution is 5.83. The van der Waals surface area contributed by atoms with Crippen molar-refractivity contribution in [1.82, 2.24) is 9.24 Å². The molecule has 2 heterocycles. The summed E-state index contributed by atoms with van der Waals surface area (Å²) in [5.74, 6) is 4.89. The van der Waals surface area contributed by atoms with Crippen LogP contribution >= 0.6 is 0 Å². The van der Waals surface area contributed by atoms with Crippen LogP contribution in [0.25, 0.3) is 10.9 Å². The molecule has 1 atom stereocenters. The molecule has 3 rings (SSSR count). The van der Waals surface area contributed by atoms with Crippen LogP contribution < -0.4 is 27.7 Å². The summed E-state index contributed by atoms with van der Waals surface area (Å²) in [6, 6.07) is 3.05. The van der Waals surface area contributed by atoms with Crippen molar-refractivity contribution < 1.29 is 4.39 Å². The molecule has 118 valence electrons. The van der Waals surface area contributed by atoms with Crippen LogP contribution in [0.5, 0.6) is 0 Å². The zero-order chi connectivity index (χ0) is 16.0. The van der Waals surface area contributed by atoms with Gasteiger partial charge in [-0.3, -0.25) is 9.36 Å². The molecule has 4 N–H and O–H groups in total. The Balaban J connectivity index is 2.33. The van der Waals surface area contributed by atoms with Gasteiger partial charge in [-0.15, -0.1) is 0 Å². The first-order chi connectivity index (χ1) is 10.5. The van der Waals surface area contributed by atoms with E-state index in [9.17, 15) is 14.0 Å². The standard InChI is InChI=1S/C14H18FN5O2/c1-2-19-12-9(13(21)20(17)14(19)22)3-4-10(11(12)15)18-6-5-8(16)7-18/h3-4,8H,2,5-7,16-17H2,1H3/t8-/m0/s1. The summed E-state index contributed by atoms with van der Waals surface area (Å²) in [4.78, 5) is 26.0. The highest BCUT2D eigenvalue weighted by Crippen LogP contribution is 2.27. The lowest BCUT2D eigenvalue weighted by molar-refractivity contribution is 0.604. The van der Waals surface area contributed by atoms with Crippen LogP contribution in [0.3, 0.4) is 0 Å². The molecular formula is C14H18FN5O2. The van der Waals surface area contributed by atoms with Crippen molar-refractivity contribution in [3.05, 3.63) is 38.8 Å². The molecular weight excluding hydrogens is 289 g/mol. The summed E-state index contributed by atoms with van der Waals surface area (Å²) in [6.45, 7) is 3.11. The number of aromatic nitrogens is 2. The van der Waals surface area contributed by atoms with Gasteiger partial charge in [-0.25, -0.2) is 9.18 Å². The summed E-state index contributed by atoms with van der Waals surface area (Å²) in [7, 11) is 0. The van der Waals surface area contributed by atoms with Crippen LogP contribution in [0.4, 0.5) is 10.1 Å². The van der Waals surface area contributed by atoms with E-state index in [-0.39, 0.29) is 23.5 Å². The predicted molar refractivity (Wildman–Crippen MR) is 83.1 cm³/mol. The summed E-state index contributed by atoms with van der Waals surface area (Å²) in [5, 5.41) is 0.0914. The number of benzene rings is 1. The Morgan fingerprint density at radius 2 is 2.09 bits per heavy atom. The minimum atomic E-state index is -0.728. The minimum Gasteiger partial charge on any atom is -0.367 e. The van der Waals surface area contributed by atoms with E-state index in [0.717, 1.165) is 6.42 Å². The summed E-state index contributed by atoms with van der Waals surface area (Å²) in [5.41, 5.74) is 4.79. The van der Waals surface area contributed by atoms with E-state index in [1.807, 2.05) is 4.90 Å². The maximum Gasteiger partial charge on any atom is 0.350 e. The molecule has 1 aromatic carbocycles. The highest BCUT2D eigenvalue weighted by Gasteiger charge is 2.24. The van der Waals surface area contributed by atoms with Gasteiger partial charge in [-0.2, -0.15) is 4.68 Å². The van der Waals surface area contributed by atoms with Gasteiger partial charge in [0.05, 0.1) is 16.6 Å². The number of rotatable bonds is 2. The van der Waals surface area contributed by atoms with E-state index in [1.165, 1.54) is 10.6 Å². The van der Waals surface area contributed by atoms with Crippen molar-refractivity contribution in [1.29, 1.82) is 0 Å². The van der Waals surface area contributed by atoms with Crippen molar-refractivity contribution in [3.63, 3.8) is 0 Å². The number of anilines is 1. The molecule has 1 aliphatic heterocycles. The second kappa shape index (κ2) is 5.13. The Bertz CT molecular complexity index is 857. The Labute approximate surface area is 125 Å². The molecule has 1 saturated heterocycles. The zero-order valence-corrected chi connectivity index (χ0v) is 12.3. The zero-order valence-electron chi connectivity index (χ0n) is 12.3. The first-order valence-electron chi connectivity index (χ1n) is 7.19. The van der Waals surface area contributed by atoms with Gasteiger partial charge in [0.15, 0.2) is 5.82 Å². The van der Waals surface area contributed by atoms with Crippen LogP contribution in [0.2, 0.25) is 0 Å². The highest BCUT2D eigenvalue weighted by atomic mass is 19.1. The number of aryl methyl sites for hydroxylation is 1. The molecule has 0 bridgehead atoms. The van der Waals surface area contributed by atoms with E-state index in [2.05, 4.69) is 0 Å². The van der Waals surface area contributed by atoms with Crippen LogP contribution in [0.1, 0.15) is 13.3 Å². The van der Waals surface area contributed by atoms with Crippen LogP contribution in [-0.4, -0.2) is 28.4 Å². The Morgan fingerprint density at radius 3 is 2.68 bits per heavy atom. The van der Waals surface area contributed by atoms with Crippen molar-refractivity contribution in [2.24, 2.45) is 5.73 Å². The van der Waals surface area contributed by atoms with E-state index in [1.54, 1.807) is 13.0 Å². The third-order valence-corrected chi connectivity index (χ3v) is 4.13. The van der Waals surface area contributed by atoms with Gasteiger partial charge in [0.25, 0.3) is 5.56 Å². The second-order valence-corrected chi connectivity index (χ2v) is 5.49. The third-order valence-electron chi connectivity index (χ3n) is 4.13. The number of halogens is 1. The molecule has 0 spiro atoms. The summed E-state index contributed by atoms with van der Waals surface area (Å²) < 4.78 is 16.6. The number of nitrogens with zero attached hydrogens (tertiary/aromatic N) is 3.